The van der Waals surface area contributed by atoms with Crippen LogP contribution in [0.25, 0.3) is 0 Å². The molecule has 0 saturated heterocycles. The van der Waals surface area contributed by atoms with Gasteiger partial charge in [0.15, 0.2) is 11.6 Å². The molecule has 0 heterocycles. The zero-order chi connectivity index (χ0) is 13.0. The van der Waals surface area contributed by atoms with Gasteiger partial charge < -0.3 is 10.1 Å². The lowest BCUT2D eigenvalue weighted by Crippen LogP contribution is -2.00. The molecule has 0 aliphatic rings. The largest absolute Gasteiger partial charge is 0.494 e. The number of methoxy groups -OCH3 is 1. The Labute approximate surface area is 110 Å². The van der Waals surface area contributed by atoms with Crippen LogP contribution in [0.3, 0.4) is 0 Å². The van der Waals surface area contributed by atoms with Crippen LogP contribution >= 0.6 is 11.6 Å². The van der Waals surface area contributed by atoms with Gasteiger partial charge in [0, 0.05) is 23.3 Å². The zero-order valence-electron chi connectivity index (χ0n) is 9.91. The van der Waals surface area contributed by atoms with Crippen LogP contribution in [0.4, 0.5) is 10.1 Å². The van der Waals surface area contributed by atoms with Crippen LogP contribution in [-0.2, 0) is 6.54 Å². The van der Waals surface area contributed by atoms with Gasteiger partial charge in [-0.05, 0) is 23.8 Å². The highest BCUT2D eigenvalue weighted by molar-refractivity contribution is 6.31. The van der Waals surface area contributed by atoms with Crippen LogP contribution in [0.2, 0.25) is 5.02 Å². The van der Waals surface area contributed by atoms with E-state index in [1.54, 1.807) is 12.1 Å². The van der Waals surface area contributed by atoms with Crippen molar-refractivity contribution in [2.45, 2.75) is 6.54 Å². The van der Waals surface area contributed by atoms with Crippen molar-refractivity contribution < 1.29 is 9.13 Å². The normalized spacial score (nSPS) is 10.2. The van der Waals surface area contributed by atoms with Crippen molar-refractivity contribution in [2.75, 3.05) is 12.4 Å². The van der Waals surface area contributed by atoms with E-state index in [0.29, 0.717) is 17.3 Å². The first-order valence-corrected chi connectivity index (χ1v) is 5.89. The maximum absolute atomic E-state index is 13.5. The number of anilines is 1. The van der Waals surface area contributed by atoms with E-state index in [1.807, 2.05) is 24.3 Å². The molecule has 0 fully saturated rings. The molecule has 0 spiro atoms. The molecular weight excluding hydrogens is 253 g/mol. The second kappa shape index (κ2) is 5.74. The van der Waals surface area contributed by atoms with E-state index in [9.17, 15) is 4.39 Å². The summed E-state index contributed by atoms with van der Waals surface area (Å²) in [7, 11) is 1.44. The Hall–Kier alpha value is -1.74. The molecule has 2 rings (SSSR count). The van der Waals surface area contributed by atoms with Gasteiger partial charge in [0.1, 0.15) is 0 Å². The van der Waals surface area contributed by atoms with Crippen molar-refractivity contribution in [1.82, 2.24) is 0 Å². The Morgan fingerprint density at radius 3 is 2.67 bits per heavy atom. The van der Waals surface area contributed by atoms with Crippen LogP contribution in [-0.4, -0.2) is 7.11 Å². The molecule has 0 radical (unpaired) electrons. The first-order valence-electron chi connectivity index (χ1n) is 5.51. The van der Waals surface area contributed by atoms with Gasteiger partial charge in [0.05, 0.1) is 7.11 Å². The summed E-state index contributed by atoms with van der Waals surface area (Å²) in [4.78, 5) is 0. The number of nitrogens with one attached hydrogen (secondary N) is 1. The number of halogens is 2. The number of ether oxygens (including phenoxy) is 1. The fraction of sp³-hybridized carbons (Fsp3) is 0.143. The summed E-state index contributed by atoms with van der Waals surface area (Å²) in [5.74, 6) is -0.153. The minimum Gasteiger partial charge on any atom is -0.494 e. The van der Waals surface area contributed by atoms with Gasteiger partial charge in [-0.2, -0.15) is 0 Å². The van der Waals surface area contributed by atoms with Crippen LogP contribution in [0.5, 0.6) is 5.75 Å². The quantitative estimate of drug-likeness (QED) is 0.899. The Morgan fingerprint density at radius 2 is 2.00 bits per heavy atom. The SMILES string of the molecule is COc1ccc(NCc2ccccc2Cl)cc1F. The number of benzene rings is 2. The standard InChI is InChI=1S/C14H13ClFNO/c1-18-14-7-6-11(8-13(14)16)17-9-10-4-2-3-5-12(10)15/h2-8,17H,9H2,1H3. The molecule has 4 heteroatoms. The van der Waals surface area contributed by atoms with Gasteiger partial charge in [0.2, 0.25) is 0 Å². The Bertz CT molecular complexity index is 545. The second-order valence-electron chi connectivity index (χ2n) is 3.79. The molecule has 18 heavy (non-hydrogen) atoms. The third-order valence-corrected chi connectivity index (χ3v) is 2.96. The molecule has 94 valence electrons. The Balaban J connectivity index is 2.07. The number of hydrogen-bond donors (Lipinski definition) is 1. The summed E-state index contributed by atoms with van der Waals surface area (Å²) < 4.78 is 18.3. The van der Waals surface area contributed by atoms with Crippen LogP contribution < -0.4 is 10.1 Å². The zero-order valence-corrected chi connectivity index (χ0v) is 10.7. The molecule has 0 bridgehead atoms. The highest BCUT2D eigenvalue weighted by Crippen LogP contribution is 2.22. The van der Waals surface area contributed by atoms with Gasteiger partial charge in [-0.15, -0.1) is 0 Å². The van der Waals surface area contributed by atoms with Crippen molar-refractivity contribution in [3.8, 4) is 5.75 Å². The van der Waals surface area contributed by atoms with E-state index in [4.69, 9.17) is 16.3 Å². The summed E-state index contributed by atoms with van der Waals surface area (Å²) in [5, 5.41) is 3.81. The van der Waals surface area contributed by atoms with Crippen molar-refractivity contribution in [2.24, 2.45) is 0 Å². The summed E-state index contributed by atoms with van der Waals surface area (Å²) in [6.07, 6.45) is 0. The van der Waals surface area contributed by atoms with E-state index in [0.717, 1.165) is 5.56 Å². The number of hydrogen-bond acceptors (Lipinski definition) is 2. The first kappa shape index (κ1) is 12.7. The molecule has 0 aliphatic heterocycles. The predicted molar refractivity (Wildman–Crippen MR) is 71.7 cm³/mol. The fourth-order valence-corrected chi connectivity index (χ4v) is 1.82. The van der Waals surface area contributed by atoms with E-state index in [1.165, 1.54) is 13.2 Å². The molecule has 2 aromatic rings. The molecule has 0 saturated carbocycles. The highest BCUT2D eigenvalue weighted by atomic mass is 35.5. The third kappa shape index (κ3) is 2.93. The van der Waals surface area contributed by atoms with E-state index in [-0.39, 0.29) is 11.6 Å². The predicted octanol–water partition coefficient (Wildman–Crippen LogP) is 4.10. The number of rotatable bonds is 4. The van der Waals surface area contributed by atoms with E-state index < -0.39 is 0 Å². The van der Waals surface area contributed by atoms with Crippen LogP contribution in [0, 0.1) is 5.82 Å². The summed E-state index contributed by atoms with van der Waals surface area (Å²) >= 11 is 6.04. The third-order valence-electron chi connectivity index (χ3n) is 2.59. The Morgan fingerprint density at radius 1 is 1.22 bits per heavy atom. The van der Waals surface area contributed by atoms with Crippen molar-refractivity contribution in [3.05, 3.63) is 58.9 Å². The molecule has 2 nitrogen and oxygen atoms in total. The molecule has 1 N–H and O–H groups in total. The fourth-order valence-electron chi connectivity index (χ4n) is 1.62. The van der Waals surface area contributed by atoms with Crippen molar-refractivity contribution in [1.29, 1.82) is 0 Å². The van der Waals surface area contributed by atoms with E-state index >= 15 is 0 Å². The lowest BCUT2D eigenvalue weighted by molar-refractivity contribution is 0.386. The maximum atomic E-state index is 13.5. The average Bonchev–Trinajstić information content (AvgIpc) is 2.38. The van der Waals surface area contributed by atoms with E-state index in [2.05, 4.69) is 5.32 Å². The minimum atomic E-state index is -0.387. The average molecular weight is 266 g/mol. The smallest absolute Gasteiger partial charge is 0.167 e. The van der Waals surface area contributed by atoms with Gasteiger partial charge in [0.25, 0.3) is 0 Å². The summed E-state index contributed by atoms with van der Waals surface area (Å²) in [6, 6.07) is 12.3. The molecule has 0 atom stereocenters. The Kier molecular flexibility index (Phi) is 4.05. The first-order chi connectivity index (χ1) is 8.70. The molecular formula is C14H13ClFNO. The highest BCUT2D eigenvalue weighted by Gasteiger charge is 2.04. The van der Waals surface area contributed by atoms with Gasteiger partial charge >= 0.3 is 0 Å². The summed E-state index contributed by atoms with van der Waals surface area (Å²) in [6.45, 7) is 0.547. The summed E-state index contributed by atoms with van der Waals surface area (Å²) in [5.41, 5.74) is 1.66. The van der Waals surface area contributed by atoms with Crippen LogP contribution in [0.15, 0.2) is 42.5 Å². The van der Waals surface area contributed by atoms with Gasteiger partial charge in [-0.3, -0.25) is 0 Å². The maximum Gasteiger partial charge on any atom is 0.167 e. The molecule has 0 amide bonds. The van der Waals surface area contributed by atoms with Gasteiger partial charge in [-0.1, -0.05) is 29.8 Å². The lowest BCUT2D eigenvalue weighted by atomic mass is 10.2. The van der Waals surface area contributed by atoms with Crippen molar-refractivity contribution in [3.63, 3.8) is 0 Å². The van der Waals surface area contributed by atoms with Crippen LogP contribution in [0.1, 0.15) is 5.56 Å². The topological polar surface area (TPSA) is 21.3 Å². The second-order valence-corrected chi connectivity index (χ2v) is 4.20. The minimum absolute atomic E-state index is 0.235. The molecule has 0 unspecified atom stereocenters. The van der Waals surface area contributed by atoms with Gasteiger partial charge in [-0.25, -0.2) is 4.39 Å². The van der Waals surface area contributed by atoms with Crippen molar-refractivity contribution >= 4 is 17.3 Å². The lowest BCUT2D eigenvalue weighted by Gasteiger charge is -2.09. The molecule has 0 aromatic heterocycles. The molecule has 0 aliphatic carbocycles. The molecule has 2 aromatic carbocycles. The monoisotopic (exact) mass is 265 g/mol.